The van der Waals surface area contributed by atoms with Crippen molar-refractivity contribution in [3.63, 3.8) is 0 Å². The molecular weight excluding hydrogens is 357 g/mol. The SMILES string of the molecule is CN=C(C)Nc1nccc(-c2ccn(C(C)c3ccc(C)c(F)c3)c(=O)c2)n1. The molecule has 0 aliphatic carbocycles. The number of hydrogen-bond donors (Lipinski definition) is 1. The number of halogens is 1. The molecule has 3 rings (SSSR count). The zero-order valence-electron chi connectivity index (χ0n) is 16.3. The fraction of sp³-hybridized carbons (Fsp3) is 0.238. The van der Waals surface area contributed by atoms with Crippen LogP contribution in [0.2, 0.25) is 0 Å². The van der Waals surface area contributed by atoms with E-state index in [9.17, 15) is 9.18 Å². The van der Waals surface area contributed by atoms with E-state index < -0.39 is 0 Å². The number of anilines is 1. The van der Waals surface area contributed by atoms with E-state index in [1.165, 1.54) is 12.1 Å². The molecule has 28 heavy (non-hydrogen) atoms. The molecule has 2 aromatic heterocycles. The van der Waals surface area contributed by atoms with Gasteiger partial charge in [-0.1, -0.05) is 12.1 Å². The molecule has 0 radical (unpaired) electrons. The van der Waals surface area contributed by atoms with Gasteiger partial charge in [0.1, 0.15) is 5.82 Å². The average Bonchev–Trinajstić information content (AvgIpc) is 2.69. The first kappa shape index (κ1) is 19.4. The van der Waals surface area contributed by atoms with Crippen LogP contribution in [-0.4, -0.2) is 27.4 Å². The van der Waals surface area contributed by atoms with Crippen LogP contribution in [0, 0.1) is 12.7 Å². The van der Waals surface area contributed by atoms with E-state index in [-0.39, 0.29) is 17.4 Å². The minimum absolute atomic E-state index is 0.189. The summed E-state index contributed by atoms with van der Waals surface area (Å²) in [6.45, 7) is 5.39. The Hall–Kier alpha value is -3.35. The van der Waals surface area contributed by atoms with E-state index in [1.54, 1.807) is 43.1 Å². The Kier molecular flexibility index (Phi) is 5.63. The Morgan fingerprint density at radius 1 is 1.25 bits per heavy atom. The molecule has 0 spiro atoms. The number of benzene rings is 1. The molecule has 0 saturated carbocycles. The first-order valence-electron chi connectivity index (χ1n) is 8.91. The Labute approximate surface area is 162 Å². The third kappa shape index (κ3) is 4.14. The third-order valence-corrected chi connectivity index (χ3v) is 4.62. The maximum Gasteiger partial charge on any atom is 0.251 e. The number of aliphatic imine (C=N–C) groups is 1. The molecule has 1 unspecified atom stereocenters. The standard InChI is InChI=1S/C21H22FN5O/c1-13-5-6-16(11-18(13)22)14(2)27-10-8-17(12-20(27)28)19-7-9-24-21(26-19)25-15(3)23-4/h5-12,14H,1-4H3,(H,23,24,25,26). The molecule has 2 heterocycles. The summed E-state index contributed by atoms with van der Waals surface area (Å²) in [6.07, 6.45) is 3.32. The molecule has 3 aromatic rings. The first-order valence-corrected chi connectivity index (χ1v) is 8.91. The molecule has 0 saturated heterocycles. The van der Waals surface area contributed by atoms with Gasteiger partial charge in [0.15, 0.2) is 0 Å². The lowest BCUT2D eigenvalue weighted by molar-refractivity contribution is 0.589. The average molecular weight is 379 g/mol. The van der Waals surface area contributed by atoms with Crippen molar-refractivity contribution < 1.29 is 4.39 Å². The largest absolute Gasteiger partial charge is 0.313 e. The highest BCUT2D eigenvalue weighted by Crippen LogP contribution is 2.21. The summed E-state index contributed by atoms with van der Waals surface area (Å²) in [6, 6.07) is 9.81. The lowest BCUT2D eigenvalue weighted by Gasteiger charge is -2.16. The van der Waals surface area contributed by atoms with Crippen molar-refractivity contribution in [2.24, 2.45) is 4.99 Å². The van der Waals surface area contributed by atoms with Crippen molar-refractivity contribution in [1.82, 2.24) is 14.5 Å². The fourth-order valence-corrected chi connectivity index (χ4v) is 2.80. The number of amidine groups is 1. The highest BCUT2D eigenvalue weighted by atomic mass is 19.1. The summed E-state index contributed by atoms with van der Waals surface area (Å²) in [7, 11) is 1.67. The van der Waals surface area contributed by atoms with Crippen molar-refractivity contribution in [2.45, 2.75) is 26.8 Å². The molecule has 7 heteroatoms. The van der Waals surface area contributed by atoms with Gasteiger partial charge in [-0.05, 0) is 50.1 Å². The van der Waals surface area contributed by atoms with Crippen molar-refractivity contribution >= 4 is 11.8 Å². The topological polar surface area (TPSA) is 72.2 Å². The quantitative estimate of drug-likeness (QED) is 0.552. The second kappa shape index (κ2) is 8.12. The van der Waals surface area contributed by atoms with Crippen LogP contribution in [0.15, 0.2) is 58.6 Å². The van der Waals surface area contributed by atoms with Crippen LogP contribution in [0.1, 0.15) is 31.0 Å². The summed E-state index contributed by atoms with van der Waals surface area (Å²) in [5.41, 5.74) is 2.43. The van der Waals surface area contributed by atoms with Gasteiger partial charge in [-0.25, -0.2) is 14.4 Å². The highest BCUT2D eigenvalue weighted by Gasteiger charge is 2.12. The minimum Gasteiger partial charge on any atom is -0.313 e. The number of pyridine rings is 1. The van der Waals surface area contributed by atoms with E-state index in [0.717, 1.165) is 5.56 Å². The summed E-state index contributed by atoms with van der Waals surface area (Å²) >= 11 is 0. The number of nitrogens with one attached hydrogen (secondary N) is 1. The van der Waals surface area contributed by atoms with E-state index in [2.05, 4.69) is 20.3 Å². The van der Waals surface area contributed by atoms with Crippen molar-refractivity contribution in [3.05, 3.63) is 76.1 Å². The summed E-state index contributed by atoms with van der Waals surface area (Å²) in [4.78, 5) is 25.3. The maximum absolute atomic E-state index is 13.9. The molecule has 144 valence electrons. The lowest BCUT2D eigenvalue weighted by Crippen LogP contribution is -2.23. The lowest BCUT2D eigenvalue weighted by atomic mass is 10.1. The van der Waals surface area contributed by atoms with Crippen molar-refractivity contribution in [3.8, 4) is 11.3 Å². The monoisotopic (exact) mass is 379 g/mol. The van der Waals surface area contributed by atoms with E-state index in [4.69, 9.17) is 0 Å². The summed E-state index contributed by atoms with van der Waals surface area (Å²) in [5.74, 6) is 0.820. The van der Waals surface area contributed by atoms with Gasteiger partial charge in [0.25, 0.3) is 5.56 Å². The highest BCUT2D eigenvalue weighted by molar-refractivity contribution is 5.91. The van der Waals surface area contributed by atoms with Crippen LogP contribution in [0.4, 0.5) is 10.3 Å². The zero-order chi connectivity index (χ0) is 20.3. The first-order chi connectivity index (χ1) is 13.4. The van der Waals surface area contributed by atoms with Crippen LogP contribution < -0.4 is 10.9 Å². The molecule has 0 amide bonds. The van der Waals surface area contributed by atoms with Gasteiger partial charge in [0.2, 0.25) is 5.95 Å². The number of nitrogens with zero attached hydrogens (tertiary/aromatic N) is 4. The van der Waals surface area contributed by atoms with Gasteiger partial charge in [-0.15, -0.1) is 0 Å². The Balaban J connectivity index is 1.91. The number of hydrogen-bond acceptors (Lipinski definition) is 4. The number of aromatic nitrogens is 3. The minimum atomic E-state index is -0.289. The predicted molar refractivity (Wildman–Crippen MR) is 109 cm³/mol. The molecule has 1 atom stereocenters. The summed E-state index contributed by atoms with van der Waals surface area (Å²) < 4.78 is 15.5. The Morgan fingerprint density at radius 2 is 2.04 bits per heavy atom. The fourth-order valence-electron chi connectivity index (χ4n) is 2.80. The van der Waals surface area contributed by atoms with Crippen LogP contribution in [0.25, 0.3) is 11.3 Å². The smallest absolute Gasteiger partial charge is 0.251 e. The van der Waals surface area contributed by atoms with Crippen molar-refractivity contribution in [2.75, 3.05) is 12.4 Å². The van der Waals surface area contributed by atoms with Crippen LogP contribution in [-0.2, 0) is 0 Å². The van der Waals surface area contributed by atoms with Gasteiger partial charge < -0.3 is 9.88 Å². The molecule has 1 aromatic carbocycles. The van der Waals surface area contributed by atoms with Gasteiger partial charge in [-0.2, -0.15) is 0 Å². The van der Waals surface area contributed by atoms with Gasteiger partial charge in [0, 0.05) is 31.1 Å². The van der Waals surface area contributed by atoms with Gasteiger partial charge in [-0.3, -0.25) is 9.79 Å². The van der Waals surface area contributed by atoms with Crippen LogP contribution >= 0.6 is 0 Å². The zero-order valence-corrected chi connectivity index (χ0v) is 16.3. The van der Waals surface area contributed by atoms with Gasteiger partial charge >= 0.3 is 0 Å². The predicted octanol–water partition coefficient (Wildman–Crippen LogP) is 3.82. The second-order valence-electron chi connectivity index (χ2n) is 6.55. The molecule has 1 N–H and O–H groups in total. The van der Waals surface area contributed by atoms with E-state index >= 15 is 0 Å². The number of rotatable bonds is 4. The van der Waals surface area contributed by atoms with E-state index in [0.29, 0.717) is 28.6 Å². The molecular formula is C21H22FN5O. The maximum atomic E-state index is 13.9. The number of aryl methyl sites for hydroxylation is 1. The van der Waals surface area contributed by atoms with Crippen LogP contribution in [0.5, 0.6) is 0 Å². The molecule has 6 nitrogen and oxygen atoms in total. The second-order valence-corrected chi connectivity index (χ2v) is 6.55. The molecule has 0 bridgehead atoms. The van der Waals surface area contributed by atoms with Crippen LogP contribution in [0.3, 0.4) is 0 Å². The Bertz CT molecular complexity index is 1090. The molecule has 0 aliphatic heterocycles. The van der Waals surface area contributed by atoms with Crippen molar-refractivity contribution in [1.29, 1.82) is 0 Å². The van der Waals surface area contributed by atoms with Gasteiger partial charge in [0.05, 0.1) is 17.6 Å². The molecule has 0 fully saturated rings. The molecule has 0 aliphatic rings. The normalized spacial score (nSPS) is 12.7. The third-order valence-electron chi connectivity index (χ3n) is 4.62. The summed E-state index contributed by atoms with van der Waals surface area (Å²) in [5, 5.41) is 2.99. The van der Waals surface area contributed by atoms with E-state index in [1.807, 2.05) is 26.0 Å². The Morgan fingerprint density at radius 3 is 2.71 bits per heavy atom.